The lowest BCUT2D eigenvalue weighted by molar-refractivity contribution is -0.935. The van der Waals surface area contributed by atoms with Gasteiger partial charge in [0.1, 0.15) is 6.54 Å². The Morgan fingerprint density at radius 2 is 1.62 bits per heavy atom. The van der Waals surface area contributed by atoms with Crippen molar-refractivity contribution in [2.75, 3.05) is 26.2 Å². The van der Waals surface area contributed by atoms with Crippen LogP contribution in [0.4, 0.5) is 0 Å². The van der Waals surface area contributed by atoms with Crippen LogP contribution in [-0.2, 0) is 4.79 Å². The van der Waals surface area contributed by atoms with E-state index in [1.54, 1.807) is 6.92 Å². The molecule has 29 heavy (non-hydrogen) atoms. The number of carbonyl (C=O) groups is 1. The third kappa shape index (κ3) is 11.6. The summed E-state index contributed by atoms with van der Waals surface area (Å²) in [7, 11) is 0. The Labute approximate surface area is 180 Å². The van der Waals surface area contributed by atoms with E-state index in [9.17, 15) is 4.79 Å². The summed E-state index contributed by atoms with van der Waals surface area (Å²) in [6, 6.07) is 0. The first-order valence-electron chi connectivity index (χ1n) is 12.4. The summed E-state index contributed by atoms with van der Waals surface area (Å²) in [6.07, 6.45) is 24.7. The Bertz CT molecular complexity index is 475. The van der Waals surface area contributed by atoms with Gasteiger partial charge in [-0.1, -0.05) is 69.9 Å². The number of unbranched alkanes of at least 4 members (excludes halogenated alkanes) is 11. The van der Waals surface area contributed by atoms with E-state index in [1.807, 2.05) is 0 Å². The lowest BCUT2D eigenvalue weighted by Gasteiger charge is -2.38. The van der Waals surface area contributed by atoms with Crippen LogP contribution in [-0.4, -0.2) is 48.9 Å². The zero-order chi connectivity index (χ0) is 21.2. The number of aliphatic imine (C=N–C) groups is 1. The van der Waals surface area contributed by atoms with Gasteiger partial charge in [-0.3, -0.25) is 9.28 Å². The number of quaternary nitrogens is 1. The van der Waals surface area contributed by atoms with Crippen molar-refractivity contribution in [3.63, 3.8) is 0 Å². The number of rotatable bonds is 18. The molecule has 1 N–H and O–H groups in total. The molecule has 0 saturated heterocycles. The molecule has 0 aromatic rings. The highest BCUT2D eigenvalue weighted by atomic mass is 16.1. The number of nitrogens with one attached hydrogen (secondary N) is 1. The van der Waals surface area contributed by atoms with Gasteiger partial charge in [-0.15, -0.1) is 0 Å². The second-order valence-electron chi connectivity index (χ2n) is 8.77. The summed E-state index contributed by atoms with van der Waals surface area (Å²) in [5.41, 5.74) is 0. The van der Waals surface area contributed by atoms with Gasteiger partial charge in [0.15, 0.2) is 6.17 Å². The van der Waals surface area contributed by atoms with Crippen LogP contribution in [0, 0.1) is 0 Å². The molecule has 1 amide bonds. The van der Waals surface area contributed by atoms with Gasteiger partial charge >= 0.3 is 0 Å². The monoisotopic (exact) mass is 406 g/mol. The standard InChI is InChI=1S/C25H47N3O/c1-4-6-7-8-9-10-11-12-13-14-15-16-17-18-19-25-27-21-23-28(25,5-2)22-20-26-24(3)29/h4,6,21,25H,5,7-20,22-23H2,1-3H3/p+1/b6-4+. The van der Waals surface area contributed by atoms with Gasteiger partial charge in [0, 0.05) is 13.3 Å². The largest absolute Gasteiger partial charge is 0.351 e. The fourth-order valence-electron chi connectivity index (χ4n) is 4.48. The topological polar surface area (TPSA) is 41.5 Å². The number of hydrogen-bond donors (Lipinski definition) is 1. The normalized spacial score (nSPS) is 21.3. The van der Waals surface area contributed by atoms with E-state index >= 15 is 0 Å². The molecule has 0 radical (unpaired) electrons. The van der Waals surface area contributed by atoms with Crippen molar-refractivity contribution in [1.82, 2.24) is 5.32 Å². The Morgan fingerprint density at radius 3 is 2.17 bits per heavy atom. The summed E-state index contributed by atoms with van der Waals surface area (Å²) in [6.45, 7) is 9.85. The van der Waals surface area contributed by atoms with Crippen LogP contribution in [0.3, 0.4) is 0 Å². The zero-order valence-corrected chi connectivity index (χ0v) is 19.6. The molecule has 1 aliphatic heterocycles. The van der Waals surface area contributed by atoms with E-state index in [2.05, 4.69) is 37.5 Å². The fraction of sp³-hybridized carbons (Fsp3) is 0.840. The van der Waals surface area contributed by atoms with Crippen molar-refractivity contribution in [3.05, 3.63) is 12.2 Å². The highest BCUT2D eigenvalue weighted by Gasteiger charge is 2.37. The van der Waals surface area contributed by atoms with Crippen molar-refractivity contribution in [3.8, 4) is 0 Å². The summed E-state index contributed by atoms with van der Waals surface area (Å²) in [5, 5.41) is 2.96. The lowest BCUT2D eigenvalue weighted by Crippen LogP contribution is -2.55. The summed E-state index contributed by atoms with van der Waals surface area (Å²) < 4.78 is 1.02. The maximum absolute atomic E-state index is 11.2. The van der Waals surface area contributed by atoms with E-state index in [4.69, 9.17) is 4.99 Å². The Morgan fingerprint density at radius 1 is 1.03 bits per heavy atom. The molecule has 4 heteroatoms. The predicted molar refractivity (Wildman–Crippen MR) is 126 cm³/mol. The minimum atomic E-state index is 0.0697. The predicted octanol–water partition coefficient (Wildman–Crippen LogP) is 6.02. The molecule has 4 nitrogen and oxygen atoms in total. The van der Waals surface area contributed by atoms with Gasteiger partial charge in [0.05, 0.1) is 25.8 Å². The van der Waals surface area contributed by atoms with Gasteiger partial charge in [-0.05, 0) is 33.1 Å². The number of hydrogen-bond acceptors (Lipinski definition) is 2. The quantitative estimate of drug-likeness (QED) is 0.169. The van der Waals surface area contributed by atoms with Crippen LogP contribution in [0.5, 0.6) is 0 Å². The third-order valence-electron chi connectivity index (χ3n) is 6.48. The second kappa shape index (κ2) is 16.6. The molecule has 0 bridgehead atoms. The molecule has 0 aromatic carbocycles. The van der Waals surface area contributed by atoms with E-state index in [1.165, 1.54) is 83.5 Å². The first-order valence-corrected chi connectivity index (χ1v) is 12.4. The first-order chi connectivity index (χ1) is 14.1. The van der Waals surface area contributed by atoms with Crippen molar-refractivity contribution in [1.29, 1.82) is 0 Å². The number of nitrogens with zero attached hydrogens (tertiary/aromatic N) is 2. The highest BCUT2D eigenvalue weighted by molar-refractivity contribution is 5.72. The number of amides is 1. The van der Waals surface area contributed by atoms with Crippen LogP contribution in [0.25, 0.3) is 0 Å². The molecule has 2 unspecified atom stereocenters. The van der Waals surface area contributed by atoms with Crippen LogP contribution >= 0.6 is 0 Å². The van der Waals surface area contributed by atoms with Gasteiger partial charge in [0.25, 0.3) is 0 Å². The first kappa shape index (κ1) is 25.9. The third-order valence-corrected chi connectivity index (χ3v) is 6.48. The van der Waals surface area contributed by atoms with Gasteiger partial charge in [0.2, 0.25) is 5.91 Å². The van der Waals surface area contributed by atoms with Gasteiger partial charge < -0.3 is 5.32 Å². The van der Waals surface area contributed by atoms with Crippen molar-refractivity contribution >= 4 is 12.1 Å². The Hall–Kier alpha value is -1.16. The van der Waals surface area contributed by atoms with E-state index in [0.29, 0.717) is 6.17 Å². The highest BCUT2D eigenvalue weighted by Crippen LogP contribution is 2.24. The van der Waals surface area contributed by atoms with Crippen molar-refractivity contribution in [2.24, 2.45) is 4.99 Å². The number of likely N-dealkylation sites (N-methyl/N-ethyl adjacent to an activating group) is 1. The summed E-state index contributed by atoms with van der Waals surface area (Å²) >= 11 is 0. The maximum Gasteiger partial charge on any atom is 0.217 e. The van der Waals surface area contributed by atoms with Crippen molar-refractivity contribution < 1.29 is 9.28 Å². The average Bonchev–Trinajstić information content (AvgIpc) is 3.11. The molecule has 0 spiro atoms. The number of carbonyl (C=O) groups excluding carboxylic acids is 1. The van der Waals surface area contributed by atoms with Crippen LogP contribution in [0.15, 0.2) is 17.1 Å². The van der Waals surface area contributed by atoms with Gasteiger partial charge in [-0.25, -0.2) is 4.99 Å². The summed E-state index contributed by atoms with van der Waals surface area (Å²) in [4.78, 5) is 15.9. The smallest absolute Gasteiger partial charge is 0.217 e. The van der Waals surface area contributed by atoms with Crippen LogP contribution in [0.1, 0.15) is 104 Å². The lowest BCUT2D eigenvalue weighted by atomic mass is 10.0. The second-order valence-corrected chi connectivity index (χ2v) is 8.77. The fourth-order valence-corrected chi connectivity index (χ4v) is 4.48. The molecule has 168 valence electrons. The molecular weight excluding hydrogens is 358 g/mol. The van der Waals surface area contributed by atoms with E-state index in [0.717, 1.165) is 30.7 Å². The molecule has 1 heterocycles. The molecule has 0 aliphatic carbocycles. The maximum atomic E-state index is 11.2. The molecule has 0 fully saturated rings. The molecular formula is C25H48N3O+. The Kier molecular flexibility index (Phi) is 14.8. The van der Waals surface area contributed by atoms with Crippen LogP contribution < -0.4 is 5.32 Å². The minimum Gasteiger partial charge on any atom is -0.351 e. The number of allylic oxidation sites excluding steroid dienone is 2. The SMILES string of the molecule is C/C=C/CCCCCCCCCCCCCC1N=CC[N+]1(CC)CCNC(C)=O. The van der Waals surface area contributed by atoms with Crippen LogP contribution in [0.2, 0.25) is 0 Å². The van der Waals surface area contributed by atoms with E-state index in [-0.39, 0.29) is 5.91 Å². The Balaban J connectivity index is 2.00. The zero-order valence-electron chi connectivity index (χ0n) is 19.6. The summed E-state index contributed by atoms with van der Waals surface area (Å²) in [5.74, 6) is 0.0697. The molecule has 0 aromatic heterocycles. The molecule has 2 atom stereocenters. The molecule has 1 rings (SSSR count). The van der Waals surface area contributed by atoms with E-state index < -0.39 is 0 Å². The molecule has 1 aliphatic rings. The van der Waals surface area contributed by atoms with Gasteiger partial charge in [-0.2, -0.15) is 0 Å². The van der Waals surface area contributed by atoms with Crippen molar-refractivity contribution in [2.45, 2.75) is 110 Å². The average molecular weight is 407 g/mol. The molecule has 0 saturated carbocycles. The minimum absolute atomic E-state index is 0.0697.